The lowest BCUT2D eigenvalue weighted by atomic mass is 9.71. The molecule has 1 saturated heterocycles. The molecule has 1 aromatic heterocycles. The second kappa shape index (κ2) is 5.40. The van der Waals surface area contributed by atoms with Crippen LogP contribution in [0.2, 0.25) is 0 Å². The van der Waals surface area contributed by atoms with Crippen LogP contribution in [0.4, 0.5) is 0 Å². The van der Waals surface area contributed by atoms with Gasteiger partial charge >= 0.3 is 0 Å². The third-order valence-corrected chi connectivity index (χ3v) is 5.31. The predicted octanol–water partition coefficient (Wildman–Crippen LogP) is 2.83. The molecule has 0 bridgehead atoms. The Morgan fingerprint density at radius 1 is 1.38 bits per heavy atom. The summed E-state index contributed by atoms with van der Waals surface area (Å²) >= 11 is 0. The summed E-state index contributed by atoms with van der Waals surface area (Å²) < 4.78 is 0. The first-order chi connectivity index (χ1) is 9.87. The smallest absolute Gasteiger partial charge is 0.0700 e. The fourth-order valence-corrected chi connectivity index (χ4v) is 3.85. The van der Waals surface area contributed by atoms with Gasteiger partial charge in [0.05, 0.1) is 11.3 Å². The zero-order valence-corrected chi connectivity index (χ0v) is 13.7. The van der Waals surface area contributed by atoms with Crippen molar-refractivity contribution in [3.8, 4) is 0 Å². The predicted molar refractivity (Wildman–Crippen MR) is 84.1 cm³/mol. The minimum atomic E-state index is -0.376. The quantitative estimate of drug-likeness (QED) is 0.881. The van der Waals surface area contributed by atoms with Crippen molar-refractivity contribution in [3.05, 3.63) is 17.5 Å². The molecule has 4 nitrogen and oxygen atoms in total. The zero-order chi connectivity index (χ0) is 15.1. The lowest BCUT2D eigenvalue weighted by Gasteiger charge is -2.47. The van der Waals surface area contributed by atoms with Crippen molar-refractivity contribution in [2.45, 2.75) is 70.4 Å². The molecule has 1 aliphatic carbocycles. The van der Waals surface area contributed by atoms with E-state index in [1.54, 1.807) is 0 Å². The van der Waals surface area contributed by atoms with Gasteiger partial charge in [-0.05, 0) is 25.3 Å². The van der Waals surface area contributed by atoms with Crippen LogP contribution < -0.4 is 0 Å². The van der Waals surface area contributed by atoms with E-state index in [4.69, 9.17) is 0 Å². The molecule has 0 amide bonds. The van der Waals surface area contributed by atoms with Crippen LogP contribution >= 0.6 is 0 Å². The van der Waals surface area contributed by atoms with Crippen LogP contribution in [-0.4, -0.2) is 38.9 Å². The molecule has 0 aromatic carbocycles. The maximum atomic E-state index is 10.7. The van der Waals surface area contributed by atoms with Gasteiger partial charge in [-0.1, -0.05) is 33.6 Å². The third-order valence-electron chi connectivity index (χ3n) is 5.31. The van der Waals surface area contributed by atoms with Crippen molar-refractivity contribution in [2.75, 3.05) is 13.1 Å². The van der Waals surface area contributed by atoms with Gasteiger partial charge in [-0.2, -0.15) is 5.10 Å². The average Bonchev–Trinajstić information content (AvgIpc) is 2.87. The molecule has 0 spiro atoms. The molecular formula is C17H29N3O. The Bertz CT molecular complexity index is 490. The molecule has 21 heavy (non-hydrogen) atoms. The molecule has 2 N–H and O–H groups in total. The van der Waals surface area contributed by atoms with Gasteiger partial charge in [0, 0.05) is 36.7 Å². The largest absolute Gasteiger partial charge is 0.390 e. The number of rotatable bonds is 2. The Kier molecular flexibility index (Phi) is 3.87. The SMILES string of the molecule is CC(C)(C)c1cc(CN2CC[C@@]3(O)CCCC[C@H]3C2)[nH]n1. The van der Waals surface area contributed by atoms with Crippen LogP contribution in [0, 0.1) is 5.92 Å². The topological polar surface area (TPSA) is 52.1 Å². The summed E-state index contributed by atoms with van der Waals surface area (Å²) in [6, 6.07) is 2.20. The molecule has 0 unspecified atom stereocenters. The normalized spacial score (nSPS) is 31.1. The highest BCUT2D eigenvalue weighted by molar-refractivity contribution is 5.16. The first-order valence-corrected chi connectivity index (χ1v) is 8.36. The molecular weight excluding hydrogens is 262 g/mol. The van der Waals surface area contributed by atoms with E-state index >= 15 is 0 Å². The minimum Gasteiger partial charge on any atom is -0.390 e. The number of hydrogen-bond donors (Lipinski definition) is 2. The molecule has 1 aromatic rings. The average molecular weight is 291 g/mol. The van der Waals surface area contributed by atoms with E-state index in [9.17, 15) is 5.11 Å². The van der Waals surface area contributed by atoms with E-state index < -0.39 is 0 Å². The van der Waals surface area contributed by atoms with Crippen LogP contribution in [0.1, 0.15) is 64.3 Å². The van der Waals surface area contributed by atoms with Crippen molar-refractivity contribution in [3.63, 3.8) is 0 Å². The second-order valence-corrected chi connectivity index (χ2v) is 8.06. The summed E-state index contributed by atoms with van der Waals surface area (Å²) in [7, 11) is 0. The highest BCUT2D eigenvalue weighted by Crippen LogP contribution is 2.40. The lowest BCUT2D eigenvalue weighted by Crippen LogP contribution is -2.52. The van der Waals surface area contributed by atoms with Gasteiger partial charge in [-0.15, -0.1) is 0 Å². The van der Waals surface area contributed by atoms with Gasteiger partial charge in [0.1, 0.15) is 0 Å². The van der Waals surface area contributed by atoms with E-state index in [-0.39, 0.29) is 11.0 Å². The number of fused-ring (bicyclic) bond motifs is 1. The number of aromatic nitrogens is 2. The number of nitrogens with one attached hydrogen (secondary N) is 1. The number of aromatic amines is 1. The Balaban J connectivity index is 1.63. The summed E-state index contributed by atoms with van der Waals surface area (Å²) in [6.45, 7) is 9.52. The molecule has 3 rings (SSSR count). The number of likely N-dealkylation sites (tertiary alicyclic amines) is 1. The van der Waals surface area contributed by atoms with Gasteiger partial charge in [0.25, 0.3) is 0 Å². The van der Waals surface area contributed by atoms with Crippen molar-refractivity contribution >= 4 is 0 Å². The summed E-state index contributed by atoms with van der Waals surface area (Å²) in [6.07, 6.45) is 5.59. The van der Waals surface area contributed by atoms with Gasteiger partial charge in [-0.3, -0.25) is 10.00 Å². The number of aliphatic hydroxyl groups is 1. The van der Waals surface area contributed by atoms with Crippen LogP contribution in [-0.2, 0) is 12.0 Å². The summed E-state index contributed by atoms with van der Waals surface area (Å²) in [5.41, 5.74) is 2.05. The molecule has 2 heterocycles. The zero-order valence-electron chi connectivity index (χ0n) is 13.7. The molecule has 1 saturated carbocycles. The van der Waals surface area contributed by atoms with Crippen LogP contribution in [0.25, 0.3) is 0 Å². The van der Waals surface area contributed by atoms with Gasteiger partial charge in [-0.25, -0.2) is 0 Å². The fraction of sp³-hybridized carbons (Fsp3) is 0.824. The van der Waals surface area contributed by atoms with Crippen LogP contribution in [0.5, 0.6) is 0 Å². The number of H-pyrrole nitrogens is 1. The van der Waals surface area contributed by atoms with Crippen molar-refractivity contribution in [1.29, 1.82) is 0 Å². The monoisotopic (exact) mass is 291 g/mol. The first kappa shape index (κ1) is 15.0. The first-order valence-electron chi connectivity index (χ1n) is 8.36. The Morgan fingerprint density at radius 2 is 2.19 bits per heavy atom. The van der Waals surface area contributed by atoms with Crippen molar-refractivity contribution < 1.29 is 5.11 Å². The molecule has 2 aliphatic rings. The molecule has 4 heteroatoms. The standard InChI is InChI=1S/C17H29N3O/c1-16(2,3)15-10-14(18-19-15)12-20-9-8-17(21)7-5-4-6-13(17)11-20/h10,13,21H,4-9,11-12H2,1-3H3,(H,18,19)/t13-,17-/m0/s1. The maximum Gasteiger partial charge on any atom is 0.0700 e. The number of hydrogen-bond acceptors (Lipinski definition) is 3. The van der Waals surface area contributed by atoms with Crippen molar-refractivity contribution in [2.24, 2.45) is 5.92 Å². The minimum absolute atomic E-state index is 0.0975. The highest BCUT2D eigenvalue weighted by Gasteiger charge is 2.42. The summed E-state index contributed by atoms with van der Waals surface area (Å²) in [5.74, 6) is 0.463. The molecule has 2 fully saturated rings. The van der Waals surface area contributed by atoms with Gasteiger partial charge in [0.2, 0.25) is 0 Å². The second-order valence-electron chi connectivity index (χ2n) is 8.06. The van der Waals surface area contributed by atoms with E-state index in [1.807, 2.05) is 0 Å². The van der Waals surface area contributed by atoms with Gasteiger partial charge < -0.3 is 5.11 Å². The highest BCUT2D eigenvalue weighted by atomic mass is 16.3. The van der Waals surface area contributed by atoms with E-state index in [0.29, 0.717) is 5.92 Å². The lowest BCUT2D eigenvalue weighted by molar-refractivity contribution is -0.0969. The Labute approximate surface area is 127 Å². The van der Waals surface area contributed by atoms with Crippen molar-refractivity contribution in [1.82, 2.24) is 15.1 Å². The molecule has 2 atom stereocenters. The number of piperidine rings is 1. The summed E-state index contributed by atoms with van der Waals surface area (Å²) in [5, 5.41) is 18.4. The van der Waals surface area contributed by atoms with E-state index in [1.165, 1.54) is 25.0 Å². The van der Waals surface area contributed by atoms with E-state index in [0.717, 1.165) is 38.2 Å². The third kappa shape index (κ3) is 3.16. The molecule has 118 valence electrons. The van der Waals surface area contributed by atoms with Crippen LogP contribution in [0.15, 0.2) is 6.07 Å². The maximum absolute atomic E-state index is 10.7. The summed E-state index contributed by atoms with van der Waals surface area (Å²) in [4.78, 5) is 2.48. The Hall–Kier alpha value is -0.870. The number of nitrogens with zero attached hydrogens (tertiary/aromatic N) is 2. The van der Waals surface area contributed by atoms with E-state index in [2.05, 4.69) is 41.9 Å². The van der Waals surface area contributed by atoms with Gasteiger partial charge in [0.15, 0.2) is 0 Å². The fourth-order valence-electron chi connectivity index (χ4n) is 3.85. The molecule has 0 radical (unpaired) electrons. The van der Waals surface area contributed by atoms with Crippen LogP contribution in [0.3, 0.4) is 0 Å². The molecule has 1 aliphatic heterocycles. The Morgan fingerprint density at radius 3 is 2.90 bits per heavy atom.